The lowest BCUT2D eigenvalue weighted by Crippen LogP contribution is -2.46. The summed E-state index contributed by atoms with van der Waals surface area (Å²) in [5, 5.41) is 9.02. The molecular formula is C14H17NO3S3. The van der Waals surface area contributed by atoms with Crippen LogP contribution in [0.2, 0.25) is 0 Å². The summed E-state index contributed by atoms with van der Waals surface area (Å²) in [6.45, 7) is 0.652. The average Bonchev–Trinajstić information content (AvgIpc) is 2.90. The number of thiophene rings is 1. The van der Waals surface area contributed by atoms with Gasteiger partial charge in [-0.15, -0.1) is 11.3 Å². The molecule has 0 radical (unpaired) electrons. The summed E-state index contributed by atoms with van der Waals surface area (Å²) in [5.74, 6) is 2.92. The molecule has 1 fully saturated rings. The molecule has 0 aliphatic carbocycles. The summed E-state index contributed by atoms with van der Waals surface area (Å²) in [5.41, 5.74) is 1.29. The zero-order valence-corrected chi connectivity index (χ0v) is 14.0. The minimum absolute atomic E-state index is 0.0194. The molecule has 2 aliphatic heterocycles. The van der Waals surface area contributed by atoms with Gasteiger partial charge in [0.2, 0.25) is 0 Å². The number of fused-ring (bicyclic) bond motifs is 1. The van der Waals surface area contributed by atoms with Crippen LogP contribution < -0.4 is 0 Å². The quantitative estimate of drug-likeness (QED) is 0.914. The van der Waals surface area contributed by atoms with E-state index in [9.17, 15) is 9.59 Å². The minimum Gasteiger partial charge on any atom is -0.481 e. The summed E-state index contributed by atoms with van der Waals surface area (Å²) < 4.78 is 0. The van der Waals surface area contributed by atoms with E-state index in [2.05, 4.69) is 0 Å². The van der Waals surface area contributed by atoms with Crippen molar-refractivity contribution in [3.63, 3.8) is 0 Å². The number of hydrogen-bond donors (Lipinski definition) is 1. The molecule has 114 valence electrons. The van der Waals surface area contributed by atoms with Gasteiger partial charge >= 0.3 is 5.97 Å². The Morgan fingerprint density at radius 1 is 1.33 bits per heavy atom. The number of carboxylic acids is 1. The van der Waals surface area contributed by atoms with Crippen LogP contribution in [0.5, 0.6) is 0 Å². The zero-order chi connectivity index (χ0) is 14.8. The Hall–Kier alpha value is -0.660. The van der Waals surface area contributed by atoms with Gasteiger partial charge in [-0.1, -0.05) is 0 Å². The molecule has 3 heterocycles. The minimum atomic E-state index is -0.831. The van der Waals surface area contributed by atoms with E-state index in [1.54, 1.807) is 28.0 Å². The zero-order valence-electron chi connectivity index (χ0n) is 11.5. The summed E-state index contributed by atoms with van der Waals surface area (Å²) in [4.78, 5) is 27.6. The number of carbonyl (C=O) groups is 2. The van der Waals surface area contributed by atoms with E-state index in [1.807, 2.05) is 17.8 Å². The molecule has 1 saturated heterocycles. The van der Waals surface area contributed by atoms with Gasteiger partial charge < -0.3 is 10.0 Å². The Morgan fingerprint density at radius 2 is 2.19 bits per heavy atom. The van der Waals surface area contributed by atoms with Crippen LogP contribution in [0.4, 0.5) is 0 Å². The molecule has 1 atom stereocenters. The van der Waals surface area contributed by atoms with Crippen molar-refractivity contribution in [3.8, 4) is 0 Å². The number of amides is 1. The van der Waals surface area contributed by atoms with Gasteiger partial charge in [0, 0.05) is 28.7 Å². The van der Waals surface area contributed by atoms with E-state index in [1.165, 1.54) is 10.4 Å². The highest BCUT2D eigenvalue weighted by molar-refractivity contribution is 7.99. The Kier molecular flexibility index (Phi) is 4.81. The molecular weight excluding hydrogens is 326 g/mol. The molecule has 1 unspecified atom stereocenters. The molecule has 2 aliphatic rings. The number of hydrogen-bond acceptors (Lipinski definition) is 5. The van der Waals surface area contributed by atoms with Crippen molar-refractivity contribution in [1.82, 2.24) is 4.90 Å². The molecule has 1 aromatic heterocycles. The molecule has 1 aromatic rings. The van der Waals surface area contributed by atoms with E-state index in [4.69, 9.17) is 5.11 Å². The summed E-state index contributed by atoms with van der Waals surface area (Å²) in [6.07, 6.45) is 1.09. The maximum atomic E-state index is 12.7. The molecule has 0 spiro atoms. The van der Waals surface area contributed by atoms with Crippen LogP contribution in [-0.4, -0.2) is 51.7 Å². The lowest BCUT2D eigenvalue weighted by Gasteiger charge is -2.34. The number of rotatable bonds is 3. The van der Waals surface area contributed by atoms with E-state index >= 15 is 0 Å². The average molecular weight is 343 g/mol. The van der Waals surface area contributed by atoms with Crippen LogP contribution in [0, 0.1) is 0 Å². The second-order valence-corrected chi connectivity index (χ2v) is 8.58. The van der Waals surface area contributed by atoms with Gasteiger partial charge in [-0.25, -0.2) is 0 Å². The number of nitrogens with zero attached hydrogens (tertiary/aromatic N) is 1. The first kappa shape index (κ1) is 15.2. The van der Waals surface area contributed by atoms with Crippen LogP contribution in [0.1, 0.15) is 26.5 Å². The number of carboxylic acid groups (broad SMARTS) is 1. The van der Waals surface area contributed by atoms with E-state index < -0.39 is 5.97 Å². The fourth-order valence-electron chi connectivity index (χ4n) is 2.69. The van der Waals surface area contributed by atoms with Crippen molar-refractivity contribution < 1.29 is 14.7 Å². The molecule has 0 bridgehead atoms. The van der Waals surface area contributed by atoms with E-state index in [-0.39, 0.29) is 18.4 Å². The predicted molar refractivity (Wildman–Crippen MR) is 88.6 cm³/mol. The first-order chi connectivity index (χ1) is 10.1. The molecule has 0 aromatic carbocycles. The van der Waals surface area contributed by atoms with Crippen LogP contribution >= 0.6 is 34.9 Å². The lowest BCUT2D eigenvalue weighted by molar-refractivity contribution is -0.138. The largest absolute Gasteiger partial charge is 0.481 e. The van der Waals surface area contributed by atoms with Gasteiger partial charge in [0.1, 0.15) is 0 Å². The van der Waals surface area contributed by atoms with Gasteiger partial charge in [0.15, 0.2) is 0 Å². The van der Waals surface area contributed by atoms with Crippen molar-refractivity contribution in [2.75, 3.05) is 23.8 Å². The van der Waals surface area contributed by atoms with Crippen LogP contribution in [0.15, 0.2) is 6.07 Å². The lowest BCUT2D eigenvalue weighted by atomic mass is 10.1. The second kappa shape index (κ2) is 6.62. The topological polar surface area (TPSA) is 57.6 Å². The Labute approximate surface area is 136 Å². The molecule has 7 heteroatoms. The molecule has 21 heavy (non-hydrogen) atoms. The first-order valence-corrected chi connectivity index (χ1v) is 10.1. The van der Waals surface area contributed by atoms with E-state index in [0.717, 1.165) is 34.3 Å². The third kappa shape index (κ3) is 3.40. The monoisotopic (exact) mass is 343 g/mol. The molecule has 1 N–H and O–H groups in total. The van der Waals surface area contributed by atoms with Crippen molar-refractivity contribution in [1.29, 1.82) is 0 Å². The number of carbonyl (C=O) groups excluding carboxylic acids is 1. The molecule has 3 rings (SSSR count). The van der Waals surface area contributed by atoms with Crippen molar-refractivity contribution in [2.24, 2.45) is 0 Å². The Bertz CT molecular complexity index is 534. The number of aryl methyl sites for hydroxylation is 1. The normalized spacial score (nSPS) is 21.9. The molecule has 1 amide bonds. The summed E-state index contributed by atoms with van der Waals surface area (Å²) in [6, 6.07) is 1.84. The maximum absolute atomic E-state index is 12.7. The highest BCUT2D eigenvalue weighted by Gasteiger charge is 2.31. The van der Waals surface area contributed by atoms with Crippen molar-refractivity contribution >= 4 is 46.7 Å². The smallest absolute Gasteiger partial charge is 0.305 e. The Morgan fingerprint density at radius 3 is 2.95 bits per heavy atom. The highest BCUT2D eigenvalue weighted by atomic mass is 32.2. The number of aliphatic carboxylic acids is 1. The fourth-order valence-corrected chi connectivity index (χ4v) is 6.08. The van der Waals surface area contributed by atoms with Gasteiger partial charge in [0.05, 0.1) is 17.3 Å². The van der Waals surface area contributed by atoms with Gasteiger partial charge in [-0.05, 0) is 23.8 Å². The van der Waals surface area contributed by atoms with Crippen LogP contribution in [0.25, 0.3) is 0 Å². The number of thioether (sulfide) groups is 2. The van der Waals surface area contributed by atoms with Crippen molar-refractivity contribution in [3.05, 3.63) is 21.4 Å². The third-order valence-corrected chi connectivity index (χ3v) is 7.06. The summed E-state index contributed by atoms with van der Waals surface area (Å²) >= 11 is 5.24. The predicted octanol–water partition coefficient (Wildman–Crippen LogP) is 2.57. The summed E-state index contributed by atoms with van der Waals surface area (Å²) in [7, 11) is 0. The third-order valence-electron chi connectivity index (χ3n) is 3.74. The van der Waals surface area contributed by atoms with Gasteiger partial charge in [0.25, 0.3) is 5.91 Å². The molecule has 0 saturated carbocycles. The standard InChI is InChI=1S/C14H17NO3S3/c16-13(17)6-10-8-20-4-2-15(10)14(18)12-5-9-7-19-3-1-11(9)21-12/h5,10H,1-4,6-8H2,(H,16,17). The second-order valence-electron chi connectivity index (χ2n) is 5.19. The molecule has 4 nitrogen and oxygen atoms in total. The van der Waals surface area contributed by atoms with Crippen molar-refractivity contribution in [2.45, 2.75) is 24.6 Å². The van der Waals surface area contributed by atoms with Crippen LogP contribution in [-0.2, 0) is 17.0 Å². The van der Waals surface area contributed by atoms with Gasteiger partial charge in [-0.3, -0.25) is 9.59 Å². The van der Waals surface area contributed by atoms with Crippen LogP contribution in [0.3, 0.4) is 0 Å². The fraction of sp³-hybridized carbons (Fsp3) is 0.571. The van der Waals surface area contributed by atoms with E-state index in [0.29, 0.717) is 6.54 Å². The maximum Gasteiger partial charge on any atom is 0.305 e. The SMILES string of the molecule is O=C(O)CC1CSCCN1C(=O)c1cc2c(s1)CCSC2. The Balaban J connectivity index is 1.78. The van der Waals surface area contributed by atoms with Gasteiger partial charge in [-0.2, -0.15) is 23.5 Å². The highest BCUT2D eigenvalue weighted by Crippen LogP contribution is 2.33. The first-order valence-electron chi connectivity index (χ1n) is 6.95.